The molecule has 1 aromatic carbocycles. The van der Waals surface area contributed by atoms with Gasteiger partial charge in [-0.25, -0.2) is 0 Å². The molecule has 0 bridgehead atoms. The van der Waals surface area contributed by atoms with Gasteiger partial charge in [0.15, 0.2) is 0 Å². The molecular weight excluding hydrogens is 265 g/mol. The minimum absolute atomic E-state index is 0.174. The molecule has 0 atom stereocenters. The van der Waals surface area contributed by atoms with E-state index in [1.165, 1.54) is 0 Å². The second-order valence-corrected chi connectivity index (χ2v) is 4.59. The van der Waals surface area contributed by atoms with Crippen LogP contribution < -0.4 is 5.73 Å². The summed E-state index contributed by atoms with van der Waals surface area (Å²) in [5.41, 5.74) is 6.38. The molecule has 2 aromatic rings. The van der Waals surface area contributed by atoms with Gasteiger partial charge in [-0.05, 0) is 35.7 Å². The summed E-state index contributed by atoms with van der Waals surface area (Å²) >= 11 is 0. The standard InChI is InChI=1S/C15H15F3N2/c1-2-4-10-7-12(11-5-3-6-20-9-11)8-13(14(10)19)15(16,17)18/h3,5-9H,2,4,19H2,1H3. The van der Waals surface area contributed by atoms with E-state index in [-0.39, 0.29) is 5.69 Å². The molecule has 1 aromatic heterocycles. The van der Waals surface area contributed by atoms with Crippen molar-refractivity contribution in [2.75, 3.05) is 5.73 Å². The van der Waals surface area contributed by atoms with Crippen molar-refractivity contribution in [1.82, 2.24) is 4.98 Å². The first-order chi connectivity index (χ1) is 9.43. The largest absolute Gasteiger partial charge is 0.418 e. The van der Waals surface area contributed by atoms with Crippen molar-refractivity contribution in [2.24, 2.45) is 0 Å². The van der Waals surface area contributed by atoms with E-state index in [0.717, 1.165) is 12.5 Å². The molecular formula is C15H15F3N2. The molecule has 0 unspecified atom stereocenters. The maximum atomic E-state index is 13.1. The van der Waals surface area contributed by atoms with E-state index >= 15 is 0 Å². The first-order valence-corrected chi connectivity index (χ1v) is 6.33. The summed E-state index contributed by atoms with van der Waals surface area (Å²) in [5, 5.41) is 0. The van der Waals surface area contributed by atoms with Crippen LogP contribution in [0.15, 0.2) is 36.7 Å². The lowest BCUT2D eigenvalue weighted by atomic mass is 9.96. The highest BCUT2D eigenvalue weighted by Gasteiger charge is 2.34. The van der Waals surface area contributed by atoms with Crippen LogP contribution >= 0.6 is 0 Å². The van der Waals surface area contributed by atoms with Gasteiger partial charge >= 0.3 is 6.18 Å². The average Bonchev–Trinajstić information content (AvgIpc) is 2.41. The number of anilines is 1. The van der Waals surface area contributed by atoms with E-state index in [1.807, 2.05) is 6.92 Å². The number of hydrogen-bond donors (Lipinski definition) is 1. The fourth-order valence-electron chi connectivity index (χ4n) is 2.12. The third-order valence-electron chi connectivity index (χ3n) is 3.09. The summed E-state index contributed by atoms with van der Waals surface area (Å²) in [5.74, 6) is 0. The van der Waals surface area contributed by atoms with Crippen LogP contribution in [0.3, 0.4) is 0 Å². The number of nitrogen functional groups attached to an aromatic ring is 1. The van der Waals surface area contributed by atoms with Crippen LogP contribution in [0.2, 0.25) is 0 Å². The highest BCUT2D eigenvalue weighted by atomic mass is 19.4. The number of aryl methyl sites for hydroxylation is 1. The fourth-order valence-corrected chi connectivity index (χ4v) is 2.12. The van der Waals surface area contributed by atoms with Gasteiger partial charge in [-0.15, -0.1) is 0 Å². The van der Waals surface area contributed by atoms with Crippen molar-refractivity contribution in [3.05, 3.63) is 47.8 Å². The van der Waals surface area contributed by atoms with E-state index in [2.05, 4.69) is 4.98 Å². The maximum absolute atomic E-state index is 13.1. The molecule has 0 aliphatic carbocycles. The van der Waals surface area contributed by atoms with Gasteiger partial charge in [0.05, 0.1) is 5.56 Å². The van der Waals surface area contributed by atoms with Crippen molar-refractivity contribution in [3.63, 3.8) is 0 Å². The van der Waals surface area contributed by atoms with Gasteiger partial charge in [-0.2, -0.15) is 13.2 Å². The lowest BCUT2D eigenvalue weighted by Crippen LogP contribution is -2.11. The summed E-state index contributed by atoms with van der Waals surface area (Å²) in [6.45, 7) is 1.91. The van der Waals surface area contributed by atoms with E-state index in [1.54, 1.807) is 30.6 Å². The van der Waals surface area contributed by atoms with Crippen LogP contribution in [0.25, 0.3) is 11.1 Å². The smallest absolute Gasteiger partial charge is 0.398 e. The minimum atomic E-state index is -4.45. The number of benzene rings is 1. The maximum Gasteiger partial charge on any atom is 0.418 e. The highest BCUT2D eigenvalue weighted by Crippen LogP contribution is 2.38. The van der Waals surface area contributed by atoms with Gasteiger partial charge in [0.1, 0.15) is 0 Å². The molecule has 0 saturated heterocycles. The van der Waals surface area contributed by atoms with E-state index in [9.17, 15) is 13.2 Å². The van der Waals surface area contributed by atoms with Gasteiger partial charge in [0.2, 0.25) is 0 Å². The topological polar surface area (TPSA) is 38.9 Å². The van der Waals surface area contributed by atoms with Crippen LogP contribution in [0.4, 0.5) is 18.9 Å². The molecule has 0 fully saturated rings. The van der Waals surface area contributed by atoms with Crippen molar-refractivity contribution in [3.8, 4) is 11.1 Å². The number of halogens is 3. The average molecular weight is 280 g/mol. The number of nitrogens with zero attached hydrogens (tertiary/aromatic N) is 1. The predicted molar refractivity (Wildman–Crippen MR) is 73.1 cm³/mol. The Morgan fingerprint density at radius 1 is 1.20 bits per heavy atom. The second kappa shape index (κ2) is 5.53. The third-order valence-corrected chi connectivity index (χ3v) is 3.09. The van der Waals surface area contributed by atoms with Gasteiger partial charge in [0, 0.05) is 23.6 Å². The van der Waals surface area contributed by atoms with Crippen LogP contribution in [0.5, 0.6) is 0 Å². The first-order valence-electron chi connectivity index (χ1n) is 6.33. The highest BCUT2D eigenvalue weighted by molar-refractivity contribution is 5.70. The molecule has 0 aliphatic rings. The van der Waals surface area contributed by atoms with Crippen molar-refractivity contribution < 1.29 is 13.2 Å². The first kappa shape index (κ1) is 14.4. The van der Waals surface area contributed by atoms with Crippen molar-refractivity contribution in [1.29, 1.82) is 0 Å². The van der Waals surface area contributed by atoms with Crippen LogP contribution in [0, 0.1) is 0 Å². The number of hydrogen-bond acceptors (Lipinski definition) is 2. The van der Waals surface area contributed by atoms with Crippen LogP contribution in [-0.4, -0.2) is 4.98 Å². The number of pyridine rings is 1. The molecule has 20 heavy (non-hydrogen) atoms. The number of rotatable bonds is 3. The summed E-state index contributed by atoms with van der Waals surface area (Å²) < 4.78 is 39.2. The fraction of sp³-hybridized carbons (Fsp3) is 0.267. The molecule has 0 radical (unpaired) electrons. The van der Waals surface area contributed by atoms with Crippen molar-refractivity contribution in [2.45, 2.75) is 25.9 Å². The van der Waals surface area contributed by atoms with Gasteiger partial charge in [-0.1, -0.05) is 19.4 Å². The van der Waals surface area contributed by atoms with Gasteiger partial charge < -0.3 is 5.73 Å². The van der Waals surface area contributed by atoms with Gasteiger partial charge in [-0.3, -0.25) is 4.98 Å². The zero-order chi connectivity index (χ0) is 14.8. The Labute approximate surface area is 115 Å². The summed E-state index contributed by atoms with van der Waals surface area (Å²) in [6.07, 6.45) is -0.0777. The Kier molecular flexibility index (Phi) is 3.97. The SMILES string of the molecule is CCCc1cc(-c2cccnc2)cc(C(F)(F)F)c1N. The molecule has 1 heterocycles. The Morgan fingerprint density at radius 2 is 1.95 bits per heavy atom. The number of aromatic nitrogens is 1. The molecule has 2 rings (SSSR count). The van der Waals surface area contributed by atoms with E-state index < -0.39 is 11.7 Å². The monoisotopic (exact) mass is 280 g/mol. The second-order valence-electron chi connectivity index (χ2n) is 4.59. The van der Waals surface area contributed by atoms with E-state index in [4.69, 9.17) is 5.73 Å². The zero-order valence-electron chi connectivity index (χ0n) is 11.0. The Hall–Kier alpha value is -2.04. The summed E-state index contributed by atoms with van der Waals surface area (Å²) in [7, 11) is 0. The molecule has 0 spiro atoms. The van der Waals surface area contributed by atoms with Crippen molar-refractivity contribution >= 4 is 5.69 Å². The molecule has 0 saturated carbocycles. The summed E-state index contributed by atoms with van der Waals surface area (Å²) in [4.78, 5) is 3.94. The molecule has 5 heteroatoms. The minimum Gasteiger partial charge on any atom is -0.398 e. The normalized spacial score (nSPS) is 11.6. The molecule has 0 amide bonds. The quantitative estimate of drug-likeness (QED) is 0.851. The molecule has 106 valence electrons. The molecule has 2 nitrogen and oxygen atoms in total. The van der Waals surface area contributed by atoms with Gasteiger partial charge in [0.25, 0.3) is 0 Å². The van der Waals surface area contributed by atoms with Crippen LogP contribution in [0.1, 0.15) is 24.5 Å². The Balaban J connectivity index is 2.62. The predicted octanol–water partition coefficient (Wildman–Crippen LogP) is 4.30. The summed E-state index contributed by atoms with van der Waals surface area (Å²) in [6, 6.07) is 6.23. The zero-order valence-corrected chi connectivity index (χ0v) is 11.0. The third kappa shape index (κ3) is 2.92. The lowest BCUT2D eigenvalue weighted by molar-refractivity contribution is -0.136. The lowest BCUT2D eigenvalue weighted by Gasteiger charge is -2.16. The number of nitrogens with two attached hydrogens (primary N) is 1. The Morgan fingerprint density at radius 3 is 2.50 bits per heavy atom. The Bertz CT molecular complexity index is 592. The number of alkyl halides is 3. The molecule has 0 aliphatic heterocycles. The van der Waals surface area contributed by atoms with E-state index in [0.29, 0.717) is 23.1 Å². The molecule has 2 N–H and O–H groups in total. The van der Waals surface area contributed by atoms with Crippen LogP contribution in [-0.2, 0) is 12.6 Å².